The Morgan fingerprint density at radius 1 is 1.09 bits per heavy atom. The summed E-state index contributed by atoms with van der Waals surface area (Å²) in [5.41, 5.74) is 7.50. The quantitative estimate of drug-likeness (QED) is 0.661. The molecule has 0 amide bonds. The molecule has 112 valence electrons. The number of aromatic nitrogens is 6. The molecule has 9 heteroatoms. The average molecular weight is 299 g/mol. The van der Waals surface area contributed by atoms with Crippen LogP contribution >= 0.6 is 0 Å². The standard InChI is InChI=1S/C7H7N5.C6H6N2O2/c8-7-1-6(11-12-7)5-2-9-4-10-3-5;1-10-6(9)5-2-7-4-8-3-5/h1-4H,(H3,8,11,12);2-4H,1H3. The van der Waals surface area contributed by atoms with Crippen LogP contribution in [0, 0.1) is 0 Å². The van der Waals surface area contributed by atoms with Crippen LogP contribution in [0.1, 0.15) is 10.4 Å². The van der Waals surface area contributed by atoms with E-state index in [-0.39, 0.29) is 0 Å². The van der Waals surface area contributed by atoms with E-state index in [2.05, 4.69) is 34.9 Å². The van der Waals surface area contributed by atoms with Crippen molar-refractivity contribution in [2.24, 2.45) is 0 Å². The second kappa shape index (κ2) is 7.43. The molecule has 0 unspecified atom stereocenters. The lowest BCUT2D eigenvalue weighted by atomic mass is 10.2. The van der Waals surface area contributed by atoms with Crippen LogP contribution in [-0.4, -0.2) is 43.2 Å². The van der Waals surface area contributed by atoms with Gasteiger partial charge >= 0.3 is 5.97 Å². The molecule has 3 aromatic rings. The van der Waals surface area contributed by atoms with Crippen LogP contribution in [0.3, 0.4) is 0 Å². The molecule has 0 atom stereocenters. The number of carbonyl (C=O) groups is 1. The highest BCUT2D eigenvalue weighted by atomic mass is 16.5. The molecule has 3 heterocycles. The van der Waals surface area contributed by atoms with Gasteiger partial charge in [0.2, 0.25) is 0 Å². The summed E-state index contributed by atoms with van der Waals surface area (Å²) in [6.07, 6.45) is 9.02. The van der Waals surface area contributed by atoms with E-state index in [1.54, 1.807) is 18.5 Å². The molecule has 0 aromatic carbocycles. The summed E-state index contributed by atoms with van der Waals surface area (Å²) in [5, 5.41) is 6.56. The maximum atomic E-state index is 10.7. The van der Waals surface area contributed by atoms with Gasteiger partial charge in [-0.15, -0.1) is 0 Å². The van der Waals surface area contributed by atoms with Gasteiger partial charge in [-0.05, 0) is 0 Å². The third-order valence-corrected chi connectivity index (χ3v) is 2.45. The lowest BCUT2D eigenvalue weighted by Crippen LogP contribution is -2.01. The van der Waals surface area contributed by atoms with Crippen molar-refractivity contribution in [3.8, 4) is 11.3 Å². The van der Waals surface area contributed by atoms with Gasteiger partial charge in [-0.25, -0.2) is 24.7 Å². The zero-order valence-corrected chi connectivity index (χ0v) is 11.7. The average Bonchev–Trinajstić information content (AvgIpc) is 3.03. The Labute approximate surface area is 125 Å². The first-order chi connectivity index (χ1) is 10.7. The molecule has 0 aliphatic heterocycles. The molecule has 0 bridgehead atoms. The van der Waals surface area contributed by atoms with Gasteiger partial charge in [0, 0.05) is 36.4 Å². The van der Waals surface area contributed by atoms with E-state index in [1.807, 2.05) is 0 Å². The van der Waals surface area contributed by atoms with Gasteiger partial charge in [0.25, 0.3) is 0 Å². The number of hydrogen-bond donors (Lipinski definition) is 2. The summed E-state index contributed by atoms with van der Waals surface area (Å²) in [6.45, 7) is 0. The Morgan fingerprint density at radius 3 is 2.18 bits per heavy atom. The summed E-state index contributed by atoms with van der Waals surface area (Å²) in [6, 6.07) is 1.73. The number of H-pyrrole nitrogens is 1. The lowest BCUT2D eigenvalue weighted by molar-refractivity contribution is 0.0599. The number of nitrogen functional groups attached to an aromatic ring is 1. The van der Waals surface area contributed by atoms with Gasteiger partial charge in [-0.1, -0.05) is 0 Å². The summed E-state index contributed by atoms with van der Waals surface area (Å²) in [7, 11) is 1.31. The van der Waals surface area contributed by atoms with Crippen molar-refractivity contribution < 1.29 is 9.53 Å². The van der Waals surface area contributed by atoms with Crippen molar-refractivity contribution >= 4 is 11.8 Å². The first-order valence-electron chi connectivity index (χ1n) is 6.10. The number of anilines is 1. The minimum absolute atomic E-state index is 0.366. The van der Waals surface area contributed by atoms with Crippen molar-refractivity contribution in [2.45, 2.75) is 0 Å². The normalized spacial score (nSPS) is 9.50. The maximum absolute atomic E-state index is 10.7. The van der Waals surface area contributed by atoms with Crippen molar-refractivity contribution in [1.82, 2.24) is 30.1 Å². The monoisotopic (exact) mass is 299 g/mol. The lowest BCUT2D eigenvalue weighted by Gasteiger charge is -1.94. The van der Waals surface area contributed by atoms with E-state index < -0.39 is 5.97 Å². The molecule has 3 rings (SSSR count). The molecule has 0 saturated heterocycles. The van der Waals surface area contributed by atoms with E-state index in [1.165, 1.54) is 32.2 Å². The Kier molecular flexibility index (Phi) is 5.08. The van der Waals surface area contributed by atoms with Gasteiger partial charge < -0.3 is 10.5 Å². The molecule has 0 aliphatic carbocycles. The molecule has 0 spiro atoms. The number of ether oxygens (including phenoxy) is 1. The number of methoxy groups -OCH3 is 1. The van der Waals surface area contributed by atoms with E-state index in [4.69, 9.17) is 5.73 Å². The SMILES string of the molecule is COC(=O)c1cncnc1.Nc1cc(-c2cncnc2)[nH]n1. The van der Waals surface area contributed by atoms with Gasteiger partial charge in [-0.3, -0.25) is 5.10 Å². The minimum atomic E-state index is -0.416. The number of nitrogens with one attached hydrogen (secondary N) is 1. The third kappa shape index (κ3) is 4.07. The van der Waals surface area contributed by atoms with Crippen LogP contribution in [0.15, 0.2) is 43.5 Å². The summed E-state index contributed by atoms with van der Waals surface area (Å²) in [5.74, 6) is 0.0504. The topological polar surface area (TPSA) is 133 Å². The first kappa shape index (κ1) is 15.0. The van der Waals surface area contributed by atoms with Crippen molar-refractivity contribution in [1.29, 1.82) is 0 Å². The maximum Gasteiger partial charge on any atom is 0.341 e. The Balaban J connectivity index is 0.000000164. The predicted octanol–water partition coefficient (Wildman–Crippen LogP) is 0.712. The fourth-order valence-electron chi connectivity index (χ4n) is 1.45. The predicted molar refractivity (Wildman–Crippen MR) is 77.4 cm³/mol. The molecule has 3 N–H and O–H groups in total. The Morgan fingerprint density at radius 2 is 1.68 bits per heavy atom. The minimum Gasteiger partial charge on any atom is -0.465 e. The number of hydrogen-bond acceptors (Lipinski definition) is 8. The number of nitrogens with zero attached hydrogens (tertiary/aromatic N) is 5. The summed E-state index contributed by atoms with van der Waals surface area (Å²) in [4.78, 5) is 25.7. The Hall–Kier alpha value is -3.36. The zero-order valence-electron chi connectivity index (χ0n) is 11.7. The molecular formula is C13H13N7O2. The molecule has 0 fully saturated rings. The van der Waals surface area contributed by atoms with Crippen LogP contribution in [0.25, 0.3) is 11.3 Å². The number of esters is 1. The van der Waals surface area contributed by atoms with Crippen LogP contribution in [-0.2, 0) is 4.74 Å². The highest BCUT2D eigenvalue weighted by Gasteiger charge is 2.02. The second-order valence-corrected chi connectivity index (χ2v) is 3.95. The van der Waals surface area contributed by atoms with Crippen LogP contribution in [0.5, 0.6) is 0 Å². The van der Waals surface area contributed by atoms with Crippen LogP contribution in [0.2, 0.25) is 0 Å². The highest BCUT2D eigenvalue weighted by molar-refractivity contribution is 5.88. The molecule has 9 nitrogen and oxygen atoms in total. The highest BCUT2D eigenvalue weighted by Crippen LogP contribution is 2.15. The third-order valence-electron chi connectivity index (χ3n) is 2.45. The molecule has 3 aromatic heterocycles. The zero-order chi connectivity index (χ0) is 15.8. The summed E-state index contributed by atoms with van der Waals surface area (Å²) < 4.78 is 4.42. The van der Waals surface area contributed by atoms with Crippen molar-refractivity contribution in [3.05, 3.63) is 49.1 Å². The largest absolute Gasteiger partial charge is 0.465 e. The van der Waals surface area contributed by atoms with Gasteiger partial charge in [0.05, 0.1) is 18.4 Å². The fourth-order valence-corrected chi connectivity index (χ4v) is 1.45. The van der Waals surface area contributed by atoms with E-state index in [0.717, 1.165) is 11.3 Å². The van der Waals surface area contributed by atoms with Gasteiger partial charge in [0.15, 0.2) is 0 Å². The molecule has 22 heavy (non-hydrogen) atoms. The second-order valence-electron chi connectivity index (χ2n) is 3.95. The molecule has 0 aliphatic rings. The molecular weight excluding hydrogens is 286 g/mol. The van der Waals surface area contributed by atoms with Gasteiger partial charge in [0.1, 0.15) is 18.5 Å². The van der Waals surface area contributed by atoms with Crippen molar-refractivity contribution in [3.63, 3.8) is 0 Å². The number of carbonyl (C=O) groups excluding carboxylic acids is 1. The first-order valence-corrected chi connectivity index (χ1v) is 6.10. The number of nitrogens with two attached hydrogens (primary N) is 1. The summed E-state index contributed by atoms with van der Waals surface area (Å²) >= 11 is 0. The molecule has 0 saturated carbocycles. The van der Waals surface area contributed by atoms with E-state index >= 15 is 0 Å². The van der Waals surface area contributed by atoms with E-state index in [0.29, 0.717) is 11.4 Å². The molecule has 0 radical (unpaired) electrons. The van der Waals surface area contributed by atoms with E-state index in [9.17, 15) is 4.79 Å². The smallest absolute Gasteiger partial charge is 0.341 e. The fraction of sp³-hybridized carbons (Fsp3) is 0.0769. The van der Waals surface area contributed by atoms with Crippen LogP contribution in [0.4, 0.5) is 5.82 Å². The number of aromatic amines is 1. The Bertz CT molecular complexity index is 716. The number of rotatable bonds is 2. The van der Waals surface area contributed by atoms with Crippen molar-refractivity contribution in [2.75, 3.05) is 12.8 Å². The van der Waals surface area contributed by atoms with Gasteiger partial charge in [-0.2, -0.15) is 5.10 Å². The van der Waals surface area contributed by atoms with Crippen LogP contribution < -0.4 is 5.73 Å².